The number of esters is 1. The smallest absolute Gasteiger partial charge is 0.462 e. The quantitative estimate of drug-likeness (QED) is 0.805. The fourth-order valence-electron chi connectivity index (χ4n) is 0.972. The lowest BCUT2D eigenvalue weighted by Gasteiger charge is -2.11. The highest BCUT2D eigenvalue weighted by Crippen LogP contribution is 2.31. The first-order valence-corrected chi connectivity index (χ1v) is 5.22. The first-order chi connectivity index (χ1) is 7.85. The van der Waals surface area contributed by atoms with Crippen molar-refractivity contribution in [3.63, 3.8) is 0 Å². The van der Waals surface area contributed by atoms with Gasteiger partial charge in [0.1, 0.15) is 0 Å². The molecular formula is C9H7BrF3NO3. The van der Waals surface area contributed by atoms with Crippen molar-refractivity contribution in [2.24, 2.45) is 0 Å². The van der Waals surface area contributed by atoms with Crippen molar-refractivity contribution >= 4 is 21.9 Å². The van der Waals surface area contributed by atoms with Gasteiger partial charge in [0, 0.05) is 6.20 Å². The minimum atomic E-state index is -4.87. The summed E-state index contributed by atoms with van der Waals surface area (Å²) in [6, 6.07) is 1.23. The number of hydrogen-bond acceptors (Lipinski definition) is 4. The van der Waals surface area contributed by atoms with Gasteiger partial charge in [0.2, 0.25) is 5.88 Å². The lowest BCUT2D eigenvalue weighted by Crippen LogP contribution is -2.19. The van der Waals surface area contributed by atoms with Gasteiger partial charge in [-0.15, -0.1) is 13.2 Å². The average Bonchev–Trinajstić information content (AvgIpc) is 2.19. The van der Waals surface area contributed by atoms with Crippen LogP contribution in [0.3, 0.4) is 0 Å². The van der Waals surface area contributed by atoms with E-state index in [1.807, 2.05) is 0 Å². The summed E-state index contributed by atoms with van der Waals surface area (Å²) in [5.41, 5.74) is -0.0823. The molecule has 8 heteroatoms. The van der Waals surface area contributed by atoms with E-state index in [9.17, 15) is 18.0 Å². The van der Waals surface area contributed by atoms with Crippen molar-refractivity contribution in [2.75, 3.05) is 6.61 Å². The van der Waals surface area contributed by atoms with E-state index in [0.717, 1.165) is 6.20 Å². The molecule has 0 aliphatic carbocycles. The molecule has 1 rings (SSSR count). The second-order valence-electron chi connectivity index (χ2n) is 2.75. The molecule has 0 unspecified atom stereocenters. The molecule has 0 saturated heterocycles. The second-order valence-corrected chi connectivity index (χ2v) is 3.54. The molecule has 0 atom stereocenters. The zero-order chi connectivity index (χ0) is 13.1. The summed E-state index contributed by atoms with van der Waals surface area (Å²) in [5.74, 6) is -1.49. The maximum atomic E-state index is 12.0. The first-order valence-electron chi connectivity index (χ1n) is 4.42. The Hall–Kier alpha value is -1.31. The monoisotopic (exact) mass is 313 g/mol. The van der Waals surface area contributed by atoms with Gasteiger partial charge >= 0.3 is 12.3 Å². The van der Waals surface area contributed by atoms with Crippen molar-refractivity contribution in [2.45, 2.75) is 13.3 Å². The van der Waals surface area contributed by atoms with Crippen LogP contribution in [0.4, 0.5) is 13.2 Å². The number of pyridine rings is 1. The zero-order valence-corrected chi connectivity index (χ0v) is 10.1. The van der Waals surface area contributed by atoms with Gasteiger partial charge in [0.15, 0.2) is 0 Å². The Morgan fingerprint density at radius 2 is 2.18 bits per heavy atom. The van der Waals surface area contributed by atoms with Crippen LogP contribution in [-0.2, 0) is 4.74 Å². The SMILES string of the molecule is CCOC(=O)c1ccnc(OC(F)(F)F)c1Br. The Labute approximate surface area is 103 Å². The van der Waals surface area contributed by atoms with Crippen molar-refractivity contribution in [1.29, 1.82) is 0 Å². The van der Waals surface area contributed by atoms with Crippen LogP contribution >= 0.6 is 15.9 Å². The van der Waals surface area contributed by atoms with Crippen molar-refractivity contribution in [1.82, 2.24) is 4.98 Å². The van der Waals surface area contributed by atoms with Gasteiger partial charge in [-0.2, -0.15) is 0 Å². The normalized spacial score (nSPS) is 11.1. The van der Waals surface area contributed by atoms with Gasteiger partial charge < -0.3 is 9.47 Å². The molecule has 1 aromatic rings. The van der Waals surface area contributed by atoms with Gasteiger partial charge in [-0.05, 0) is 28.9 Å². The Morgan fingerprint density at radius 3 is 2.71 bits per heavy atom. The molecular weight excluding hydrogens is 307 g/mol. The van der Waals surface area contributed by atoms with Gasteiger partial charge in [-0.3, -0.25) is 0 Å². The molecule has 0 fully saturated rings. The molecule has 0 bridgehead atoms. The number of carbonyl (C=O) groups is 1. The predicted octanol–water partition coefficient (Wildman–Crippen LogP) is 2.92. The number of rotatable bonds is 3. The van der Waals surface area contributed by atoms with Crippen LogP contribution < -0.4 is 4.74 Å². The van der Waals surface area contributed by atoms with Crippen molar-refractivity contribution < 1.29 is 27.4 Å². The van der Waals surface area contributed by atoms with E-state index in [1.165, 1.54) is 6.07 Å². The molecule has 0 aromatic carbocycles. The Balaban J connectivity index is 3.03. The van der Waals surface area contributed by atoms with E-state index >= 15 is 0 Å². The molecule has 94 valence electrons. The maximum absolute atomic E-state index is 12.0. The van der Waals surface area contributed by atoms with Crippen LogP contribution in [0.5, 0.6) is 5.88 Å². The summed E-state index contributed by atoms with van der Waals surface area (Å²) in [4.78, 5) is 14.7. The summed E-state index contributed by atoms with van der Waals surface area (Å²) < 4.78 is 44.1. The Bertz CT molecular complexity index is 422. The number of ether oxygens (including phenoxy) is 2. The van der Waals surface area contributed by atoms with Crippen LogP contribution in [0.1, 0.15) is 17.3 Å². The molecule has 4 nitrogen and oxygen atoms in total. The van der Waals surface area contributed by atoms with E-state index in [2.05, 4.69) is 30.4 Å². The van der Waals surface area contributed by atoms with Crippen LogP contribution in [0.2, 0.25) is 0 Å². The van der Waals surface area contributed by atoms with E-state index in [0.29, 0.717) is 0 Å². The second kappa shape index (κ2) is 5.35. The minimum absolute atomic E-state index is 0.0823. The molecule has 0 aliphatic rings. The van der Waals surface area contributed by atoms with E-state index < -0.39 is 18.2 Å². The van der Waals surface area contributed by atoms with E-state index in [-0.39, 0.29) is 16.6 Å². The third-order valence-electron chi connectivity index (χ3n) is 1.56. The molecule has 0 spiro atoms. The molecule has 0 radical (unpaired) electrons. The molecule has 0 amide bonds. The Kier molecular flexibility index (Phi) is 4.33. The van der Waals surface area contributed by atoms with Gasteiger partial charge in [0.25, 0.3) is 0 Å². The molecule has 0 saturated carbocycles. The number of halogens is 4. The summed E-state index contributed by atoms with van der Waals surface area (Å²) >= 11 is 2.82. The predicted molar refractivity (Wildman–Crippen MR) is 54.6 cm³/mol. The number of nitrogens with zero attached hydrogens (tertiary/aromatic N) is 1. The zero-order valence-electron chi connectivity index (χ0n) is 8.55. The van der Waals surface area contributed by atoms with Crippen molar-refractivity contribution in [3.8, 4) is 5.88 Å². The van der Waals surface area contributed by atoms with Crippen molar-refractivity contribution in [3.05, 3.63) is 22.3 Å². The highest BCUT2D eigenvalue weighted by molar-refractivity contribution is 9.10. The Morgan fingerprint density at radius 1 is 1.53 bits per heavy atom. The van der Waals surface area contributed by atoms with Gasteiger partial charge in [0.05, 0.1) is 16.6 Å². The van der Waals surface area contributed by atoms with E-state index in [4.69, 9.17) is 0 Å². The molecule has 0 aliphatic heterocycles. The molecule has 17 heavy (non-hydrogen) atoms. The van der Waals surface area contributed by atoms with Gasteiger partial charge in [-0.25, -0.2) is 9.78 Å². The lowest BCUT2D eigenvalue weighted by molar-refractivity contribution is -0.276. The summed E-state index contributed by atoms with van der Waals surface area (Å²) in [7, 11) is 0. The number of alkyl halides is 3. The highest BCUT2D eigenvalue weighted by Gasteiger charge is 2.33. The fourth-order valence-corrected chi connectivity index (χ4v) is 1.45. The summed E-state index contributed by atoms with van der Waals surface area (Å²) in [5, 5.41) is 0. The van der Waals surface area contributed by atoms with Crippen LogP contribution in [-0.4, -0.2) is 23.9 Å². The average molecular weight is 314 g/mol. The fraction of sp³-hybridized carbons (Fsp3) is 0.333. The molecule has 1 heterocycles. The first kappa shape index (κ1) is 13.8. The van der Waals surface area contributed by atoms with Crippen LogP contribution in [0.25, 0.3) is 0 Å². The molecule has 1 aromatic heterocycles. The van der Waals surface area contributed by atoms with Crippen LogP contribution in [0, 0.1) is 0 Å². The third kappa shape index (κ3) is 3.88. The third-order valence-corrected chi connectivity index (χ3v) is 2.33. The topological polar surface area (TPSA) is 48.4 Å². The van der Waals surface area contributed by atoms with E-state index in [1.54, 1.807) is 6.92 Å². The van der Waals surface area contributed by atoms with Crippen LogP contribution in [0.15, 0.2) is 16.7 Å². The maximum Gasteiger partial charge on any atom is 0.574 e. The number of aromatic nitrogens is 1. The standard InChI is InChI=1S/C9H7BrF3NO3/c1-2-16-8(15)5-3-4-14-7(6(5)10)17-9(11,12)13/h3-4H,2H2,1H3. The number of hydrogen-bond donors (Lipinski definition) is 0. The minimum Gasteiger partial charge on any atom is -0.462 e. The number of carbonyl (C=O) groups excluding carboxylic acids is 1. The highest BCUT2D eigenvalue weighted by atomic mass is 79.9. The molecule has 0 N–H and O–H groups in total. The van der Waals surface area contributed by atoms with Gasteiger partial charge in [-0.1, -0.05) is 0 Å². The summed E-state index contributed by atoms with van der Waals surface area (Å²) in [6.45, 7) is 1.70. The lowest BCUT2D eigenvalue weighted by atomic mass is 10.3. The summed E-state index contributed by atoms with van der Waals surface area (Å²) in [6.07, 6.45) is -3.85. The largest absolute Gasteiger partial charge is 0.574 e.